The third kappa shape index (κ3) is 4.22. The van der Waals surface area contributed by atoms with E-state index in [4.69, 9.17) is 4.42 Å². The number of rotatable bonds is 4. The summed E-state index contributed by atoms with van der Waals surface area (Å²) in [6.45, 7) is 4.13. The van der Waals surface area contributed by atoms with Gasteiger partial charge in [0.15, 0.2) is 0 Å². The van der Waals surface area contributed by atoms with E-state index in [9.17, 15) is 14.4 Å². The number of para-hydroxylation sites is 1. The summed E-state index contributed by atoms with van der Waals surface area (Å²) in [7, 11) is 0. The lowest BCUT2D eigenvalue weighted by Crippen LogP contribution is -2.51. The number of nitrogens with zero attached hydrogens (tertiary/aromatic N) is 3. The number of amides is 3. The highest BCUT2D eigenvalue weighted by Crippen LogP contribution is 2.32. The molecule has 1 aromatic carbocycles. The second-order valence-electron chi connectivity index (χ2n) is 6.92. The molecule has 0 radical (unpaired) electrons. The van der Waals surface area contributed by atoms with Gasteiger partial charge in [-0.2, -0.15) is 0 Å². The highest BCUT2D eigenvalue weighted by Gasteiger charge is 2.37. The first-order valence-corrected chi connectivity index (χ1v) is 10.2. The fourth-order valence-electron chi connectivity index (χ4n) is 3.38. The van der Waals surface area contributed by atoms with Gasteiger partial charge in [0.05, 0.1) is 4.91 Å². The van der Waals surface area contributed by atoms with Crippen molar-refractivity contribution in [1.82, 2.24) is 9.80 Å². The zero-order valence-electron chi connectivity index (χ0n) is 16.0. The Morgan fingerprint density at radius 1 is 1.07 bits per heavy atom. The molecule has 7 nitrogen and oxygen atoms in total. The minimum atomic E-state index is -0.453. The van der Waals surface area contributed by atoms with Crippen LogP contribution in [0.1, 0.15) is 11.5 Å². The van der Waals surface area contributed by atoms with E-state index in [0.717, 1.165) is 41.2 Å². The van der Waals surface area contributed by atoms with Crippen LogP contribution in [0.4, 0.5) is 10.5 Å². The minimum Gasteiger partial charge on any atom is -0.462 e. The van der Waals surface area contributed by atoms with Crippen LogP contribution < -0.4 is 4.90 Å². The van der Waals surface area contributed by atoms with E-state index in [1.165, 1.54) is 0 Å². The molecule has 0 spiro atoms. The molecule has 29 heavy (non-hydrogen) atoms. The van der Waals surface area contributed by atoms with E-state index in [1.54, 1.807) is 30.0 Å². The van der Waals surface area contributed by atoms with Crippen molar-refractivity contribution in [1.29, 1.82) is 0 Å². The number of furan rings is 1. The number of hydrogen-bond acceptors (Lipinski definition) is 6. The largest absolute Gasteiger partial charge is 0.462 e. The van der Waals surface area contributed by atoms with Crippen molar-refractivity contribution >= 4 is 40.6 Å². The van der Waals surface area contributed by atoms with Gasteiger partial charge in [-0.05, 0) is 43.0 Å². The van der Waals surface area contributed by atoms with Gasteiger partial charge in [-0.25, -0.2) is 0 Å². The molecular weight excluding hydrogens is 390 g/mol. The topological polar surface area (TPSA) is 74.1 Å². The maximum Gasteiger partial charge on any atom is 0.294 e. The summed E-state index contributed by atoms with van der Waals surface area (Å²) in [4.78, 5) is 42.7. The van der Waals surface area contributed by atoms with E-state index in [1.807, 2.05) is 30.3 Å². The number of aryl methyl sites for hydroxylation is 1. The molecule has 150 valence electrons. The van der Waals surface area contributed by atoms with Crippen molar-refractivity contribution in [2.24, 2.45) is 0 Å². The zero-order chi connectivity index (χ0) is 20.4. The lowest BCUT2D eigenvalue weighted by Gasteiger charge is -2.36. The lowest BCUT2D eigenvalue weighted by molar-refractivity contribution is -0.136. The number of carbonyl (C=O) groups excluding carboxylic acids is 3. The second kappa shape index (κ2) is 8.16. The summed E-state index contributed by atoms with van der Waals surface area (Å²) in [5.41, 5.74) is 1.13. The van der Waals surface area contributed by atoms with Gasteiger partial charge in [-0.1, -0.05) is 18.2 Å². The van der Waals surface area contributed by atoms with Crippen LogP contribution in [0, 0.1) is 6.92 Å². The number of hydrogen-bond donors (Lipinski definition) is 0. The van der Waals surface area contributed by atoms with Crippen LogP contribution >= 0.6 is 11.8 Å². The summed E-state index contributed by atoms with van der Waals surface area (Å²) < 4.78 is 5.44. The molecule has 2 aliphatic rings. The predicted molar refractivity (Wildman–Crippen MR) is 111 cm³/mol. The number of imide groups is 1. The predicted octanol–water partition coefficient (Wildman–Crippen LogP) is 2.97. The van der Waals surface area contributed by atoms with Gasteiger partial charge in [0.1, 0.15) is 18.1 Å². The van der Waals surface area contributed by atoms with Crippen molar-refractivity contribution in [3.05, 3.63) is 58.9 Å². The Morgan fingerprint density at radius 2 is 1.79 bits per heavy atom. The van der Waals surface area contributed by atoms with Crippen LogP contribution in [0.3, 0.4) is 0 Å². The third-order valence-corrected chi connectivity index (χ3v) is 5.86. The fraction of sp³-hybridized carbons (Fsp3) is 0.286. The average molecular weight is 411 g/mol. The van der Waals surface area contributed by atoms with Gasteiger partial charge in [-0.15, -0.1) is 0 Å². The van der Waals surface area contributed by atoms with Crippen LogP contribution in [0.2, 0.25) is 0 Å². The Kier molecular flexibility index (Phi) is 5.44. The summed E-state index contributed by atoms with van der Waals surface area (Å²) in [6.07, 6.45) is 1.54. The summed E-state index contributed by atoms with van der Waals surface area (Å²) in [5.74, 6) is 0.567. The van der Waals surface area contributed by atoms with Crippen molar-refractivity contribution in [3.8, 4) is 0 Å². The molecule has 4 rings (SSSR count). The average Bonchev–Trinajstić information content (AvgIpc) is 3.26. The van der Waals surface area contributed by atoms with Crippen LogP contribution in [0.5, 0.6) is 0 Å². The van der Waals surface area contributed by atoms with Gasteiger partial charge in [0.2, 0.25) is 5.91 Å². The summed E-state index contributed by atoms with van der Waals surface area (Å²) in [6, 6.07) is 13.6. The smallest absolute Gasteiger partial charge is 0.294 e. The summed E-state index contributed by atoms with van der Waals surface area (Å²) in [5, 5.41) is -0.430. The molecular formula is C21H21N3O4S. The van der Waals surface area contributed by atoms with Crippen LogP contribution in [0.25, 0.3) is 6.08 Å². The van der Waals surface area contributed by atoms with Crippen molar-refractivity contribution in [2.75, 3.05) is 37.6 Å². The van der Waals surface area contributed by atoms with E-state index >= 15 is 0 Å². The number of benzene rings is 1. The molecule has 1 aromatic heterocycles. The maximum absolute atomic E-state index is 12.7. The van der Waals surface area contributed by atoms with Crippen molar-refractivity contribution < 1.29 is 18.8 Å². The number of anilines is 1. The molecule has 2 aromatic rings. The van der Waals surface area contributed by atoms with Gasteiger partial charge in [0, 0.05) is 37.9 Å². The first-order valence-electron chi connectivity index (χ1n) is 9.41. The molecule has 3 heterocycles. The zero-order valence-corrected chi connectivity index (χ0v) is 16.9. The molecule has 0 saturated carbocycles. The highest BCUT2D eigenvalue weighted by molar-refractivity contribution is 8.18. The quantitative estimate of drug-likeness (QED) is 0.720. The monoisotopic (exact) mass is 411 g/mol. The molecule has 0 aliphatic carbocycles. The molecule has 8 heteroatoms. The van der Waals surface area contributed by atoms with Crippen molar-refractivity contribution in [3.63, 3.8) is 0 Å². The Balaban J connectivity index is 1.35. The lowest BCUT2D eigenvalue weighted by atomic mass is 10.2. The second-order valence-corrected chi connectivity index (χ2v) is 7.91. The molecule has 0 atom stereocenters. The number of carbonyl (C=O) groups is 3. The molecule has 0 N–H and O–H groups in total. The highest BCUT2D eigenvalue weighted by atomic mass is 32.2. The SMILES string of the molecule is Cc1ccc(/C=C2/SC(=O)N(CC(=O)N3CCN(c4ccccc4)CC3)C2=O)o1. The molecule has 2 fully saturated rings. The number of piperazine rings is 1. The number of thioether (sulfide) groups is 1. The molecule has 2 saturated heterocycles. The van der Waals surface area contributed by atoms with E-state index in [2.05, 4.69) is 4.90 Å². The summed E-state index contributed by atoms with van der Waals surface area (Å²) >= 11 is 0.832. The first-order chi connectivity index (χ1) is 14.0. The third-order valence-electron chi connectivity index (χ3n) is 4.96. The molecule has 0 bridgehead atoms. The standard InChI is InChI=1S/C21H21N3O4S/c1-15-7-8-17(28-15)13-18-20(26)24(21(27)29-18)14-19(25)23-11-9-22(10-12-23)16-5-3-2-4-6-16/h2-8,13H,9-12,14H2,1H3/b18-13+. The Morgan fingerprint density at radius 3 is 2.45 bits per heavy atom. The van der Waals surface area contributed by atoms with Crippen LogP contribution in [-0.4, -0.2) is 59.6 Å². The Bertz CT molecular complexity index is 961. The van der Waals surface area contributed by atoms with Gasteiger partial charge < -0.3 is 14.2 Å². The van der Waals surface area contributed by atoms with Gasteiger partial charge in [-0.3, -0.25) is 19.3 Å². The fourth-order valence-corrected chi connectivity index (χ4v) is 4.20. The molecule has 3 amide bonds. The van der Waals surface area contributed by atoms with E-state index in [0.29, 0.717) is 18.8 Å². The van der Waals surface area contributed by atoms with Gasteiger partial charge >= 0.3 is 0 Å². The first kappa shape index (κ1) is 19.3. The molecule has 2 aliphatic heterocycles. The normalized spacial score (nSPS) is 18.8. The Hall–Kier alpha value is -3.00. The van der Waals surface area contributed by atoms with E-state index in [-0.39, 0.29) is 17.4 Å². The van der Waals surface area contributed by atoms with Gasteiger partial charge in [0.25, 0.3) is 11.1 Å². The van der Waals surface area contributed by atoms with Crippen LogP contribution in [-0.2, 0) is 9.59 Å². The minimum absolute atomic E-state index is 0.213. The molecule has 0 unspecified atom stereocenters. The maximum atomic E-state index is 12.7. The van der Waals surface area contributed by atoms with Crippen LogP contribution in [0.15, 0.2) is 51.8 Å². The Labute approximate surface area is 172 Å². The van der Waals surface area contributed by atoms with Crippen molar-refractivity contribution in [2.45, 2.75) is 6.92 Å². The van der Waals surface area contributed by atoms with E-state index < -0.39 is 11.1 Å².